The van der Waals surface area contributed by atoms with Crippen molar-refractivity contribution in [1.82, 2.24) is 4.90 Å². The zero-order chi connectivity index (χ0) is 20.1. The fourth-order valence-electron chi connectivity index (χ4n) is 3.14. The zero-order valence-corrected chi connectivity index (χ0v) is 17.0. The van der Waals surface area contributed by atoms with Crippen molar-refractivity contribution >= 4 is 29.8 Å². The van der Waals surface area contributed by atoms with Gasteiger partial charge in [-0.3, -0.25) is 9.59 Å². The van der Waals surface area contributed by atoms with Gasteiger partial charge in [0.05, 0.1) is 18.0 Å². The van der Waals surface area contributed by atoms with Crippen LogP contribution < -0.4 is 9.64 Å². The van der Waals surface area contributed by atoms with Gasteiger partial charge < -0.3 is 19.3 Å². The van der Waals surface area contributed by atoms with Crippen LogP contribution in [0.4, 0.5) is 5.69 Å². The van der Waals surface area contributed by atoms with E-state index >= 15 is 0 Å². The van der Waals surface area contributed by atoms with Crippen LogP contribution in [0, 0.1) is 0 Å². The van der Waals surface area contributed by atoms with Crippen molar-refractivity contribution < 1.29 is 19.1 Å². The number of fused-ring (bicyclic) bond motifs is 1. The van der Waals surface area contributed by atoms with Crippen LogP contribution in [0.5, 0.6) is 5.75 Å². The molecule has 0 bridgehead atoms. The van der Waals surface area contributed by atoms with Gasteiger partial charge in [0, 0.05) is 18.0 Å². The summed E-state index contributed by atoms with van der Waals surface area (Å²) in [6.07, 6.45) is -0.912. The molecule has 2 aromatic rings. The molecule has 0 saturated carbocycles. The van der Waals surface area contributed by atoms with Gasteiger partial charge in [0.15, 0.2) is 6.10 Å². The van der Waals surface area contributed by atoms with E-state index in [1.165, 1.54) is 11.8 Å². The van der Waals surface area contributed by atoms with Crippen LogP contribution in [-0.2, 0) is 14.3 Å². The molecule has 0 fully saturated rings. The second-order valence-corrected chi connectivity index (χ2v) is 7.91. The molecule has 28 heavy (non-hydrogen) atoms. The van der Waals surface area contributed by atoms with Crippen LogP contribution in [0.2, 0.25) is 0 Å². The molecule has 1 aliphatic heterocycles. The van der Waals surface area contributed by atoms with E-state index in [2.05, 4.69) is 0 Å². The Labute approximate surface area is 169 Å². The maximum Gasteiger partial charge on any atom is 0.293 e. The van der Waals surface area contributed by atoms with Crippen molar-refractivity contribution in [1.29, 1.82) is 0 Å². The highest BCUT2D eigenvalue weighted by Crippen LogP contribution is 2.46. The summed E-state index contributed by atoms with van der Waals surface area (Å²) < 4.78 is 10.6. The molecule has 2 aromatic carbocycles. The lowest BCUT2D eigenvalue weighted by molar-refractivity contribution is -0.143. The maximum atomic E-state index is 13.4. The average Bonchev–Trinajstić information content (AvgIpc) is 2.82. The van der Waals surface area contributed by atoms with E-state index in [1.807, 2.05) is 67.5 Å². The maximum absolute atomic E-state index is 13.4. The first kappa shape index (κ1) is 20.2. The van der Waals surface area contributed by atoms with E-state index in [4.69, 9.17) is 9.47 Å². The Morgan fingerprint density at radius 3 is 2.50 bits per heavy atom. The summed E-state index contributed by atoms with van der Waals surface area (Å²) >= 11 is 1.53. The van der Waals surface area contributed by atoms with Gasteiger partial charge in [0.25, 0.3) is 12.4 Å². The quantitative estimate of drug-likeness (QED) is 0.666. The Morgan fingerprint density at radius 1 is 1.14 bits per heavy atom. The van der Waals surface area contributed by atoms with Crippen molar-refractivity contribution in [2.45, 2.75) is 16.2 Å². The highest BCUT2D eigenvalue weighted by Gasteiger charge is 2.39. The number of hydrogen-bond donors (Lipinski definition) is 0. The number of carbonyl (C=O) groups is 2. The van der Waals surface area contributed by atoms with E-state index in [1.54, 1.807) is 12.0 Å². The summed E-state index contributed by atoms with van der Waals surface area (Å²) in [7, 11) is 5.53. The third-order valence-electron chi connectivity index (χ3n) is 4.61. The molecule has 2 atom stereocenters. The number of carbonyl (C=O) groups excluding carboxylic acids is 2. The SMILES string of the molecule is COc1ccc([C@@H]2Sc3ccccc3N(CCN(C)C)C(=O)[C@@H]2OC=O)cc1. The van der Waals surface area contributed by atoms with Crippen molar-refractivity contribution in [3.8, 4) is 5.75 Å². The monoisotopic (exact) mass is 400 g/mol. The topological polar surface area (TPSA) is 59.1 Å². The largest absolute Gasteiger partial charge is 0.497 e. The molecular weight excluding hydrogens is 376 g/mol. The van der Waals surface area contributed by atoms with E-state index in [9.17, 15) is 9.59 Å². The number of thioether (sulfide) groups is 1. The summed E-state index contributed by atoms with van der Waals surface area (Å²) in [6, 6.07) is 15.3. The number of hydrogen-bond acceptors (Lipinski definition) is 6. The number of para-hydroxylation sites is 1. The van der Waals surface area contributed by atoms with E-state index in [0.717, 1.165) is 21.9 Å². The first-order chi connectivity index (χ1) is 13.5. The molecule has 6 nitrogen and oxygen atoms in total. The lowest BCUT2D eigenvalue weighted by atomic mass is 10.1. The lowest BCUT2D eigenvalue weighted by Crippen LogP contribution is -2.44. The predicted octanol–water partition coefficient (Wildman–Crippen LogP) is 2.98. The minimum atomic E-state index is -0.912. The molecule has 1 aliphatic rings. The number of methoxy groups -OCH3 is 1. The highest BCUT2D eigenvalue weighted by molar-refractivity contribution is 7.99. The number of nitrogens with zero attached hydrogens (tertiary/aromatic N) is 2. The Morgan fingerprint density at radius 2 is 1.86 bits per heavy atom. The van der Waals surface area contributed by atoms with Gasteiger partial charge in [0.1, 0.15) is 5.75 Å². The summed E-state index contributed by atoms with van der Waals surface area (Å²) in [5, 5.41) is -0.353. The smallest absolute Gasteiger partial charge is 0.293 e. The van der Waals surface area contributed by atoms with Gasteiger partial charge in [-0.05, 0) is 43.9 Å². The molecule has 0 N–H and O–H groups in total. The van der Waals surface area contributed by atoms with Crippen molar-refractivity contribution in [3.05, 3.63) is 54.1 Å². The summed E-state index contributed by atoms with van der Waals surface area (Å²) in [5.74, 6) is 0.516. The van der Waals surface area contributed by atoms with Crippen LogP contribution in [0.3, 0.4) is 0 Å². The number of anilines is 1. The molecule has 0 saturated heterocycles. The Bertz CT molecular complexity index is 825. The highest BCUT2D eigenvalue weighted by atomic mass is 32.2. The predicted molar refractivity (Wildman–Crippen MR) is 110 cm³/mol. The number of rotatable bonds is 7. The number of benzene rings is 2. The van der Waals surface area contributed by atoms with Gasteiger partial charge in [-0.25, -0.2) is 0 Å². The minimum absolute atomic E-state index is 0.216. The first-order valence-electron chi connectivity index (χ1n) is 9.00. The van der Waals surface area contributed by atoms with Gasteiger partial charge in [-0.2, -0.15) is 0 Å². The van der Waals surface area contributed by atoms with Gasteiger partial charge in [-0.1, -0.05) is 24.3 Å². The van der Waals surface area contributed by atoms with E-state index in [-0.39, 0.29) is 11.2 Å². The second-order valence-electron chi connectivity index (χ2n) is 6.73. The third kappa shape index (κ3) is 4.31. The number of ether oxygens (including phenoxy) is 2. The van der Waals surface area contributed by atoms with Crippen LogP contribution in [0.25, 0.3) is 0 Å². The van der Waals surface area contributed by atoms with Gasteiger partial charge in [0.2, 0.25) is 0 Å². The lowest BCUT2D eigenvalue weighted by Gasteiger charge is -2.27. The summed E-state index contributed by atoms with van der Waals surface area (Å²) in [6.45, 7) is 1.57. The van der Waals surface area contributed by atoms with Crippen LogP contribution in [0.1, 0.15) is 10.8 Å². The molecule has 0 aromatic heterocycles. The molecule has 148 valence electrons. The summed E-state index contributed by atoms with van der Waals surface area (Å²) in [4.78, 5) is 29.3. The fourth-order valence-corrected chi connectivity index (χ4v) is 4.46. The molecule has 7 heteroatoms. The summed E-state index contributed by atoms with van der Waals surface area (Å²) in [5.41, 5.74) is 1.74. The first-order valence-corrected chi connectivity index (χ1v) is 9.88. The number of amides is 1. The molecule has 0 aliphatic carbocycles. The Kier molecular flexibility index (Phi) is 6.59. The standard InChI is InChI=1S/C21H24N2O4S/c1-22(2)12-13-23-17-6-4-5-7-18(17)28-20(19(21(23)25)27-14-24)15-8-10-16(26-3)11-9-15/h4-11,14,19-20H,12-13H2,1-3H3/t19-,20+/m1/s1. The molecular formula is C21H24N2O4S. The molecule has 3 rings (SSSR count). The van der Waals surface area contributed by atoms with Crippen molar-refractivity contribution in [3.63, 3.8) is 0 Å². The van der Waals surface area contributed by atoms with Gasteiger partial charge >= 0.3 is 0 Å². The second kappa shape index (κ2) is 9.12. The minimum Gasteiger partial charge on any atom is -0.497 e. The van der Waals surface area contributed by atoms with Gasteiger partial charge in [-0.15, -0.1) is 11.8 Å². The van der Waals surface area contributed by atoms with Crippen LogP contribution >= 0.6 is 11.8 Å². The zero-order valence-electron chi connectivity index (χ0n) is 16.2. The van der Waals surface area contributed by atoms with Crippen LogP contribution in [0.15, 0.2) is 53.4 Å². The third-order valence-corrected chi connectivity index (χ3v) is 5.98. The molecule has 0 spiro atoms. The van der Waals surface area contributed by atoms with E-state index < -0.39 is 6.10 Å². The normalized spacial score (nSPS) is 19.1. The molecule has 1 heterocycles. The van der Waals surface area contributed by atoms with Crippen molar-refractivity contribution in [2.75, 3.05) is 39.2 Å². The van der Waals surface area contributed by atoms with E-state index in [0.29, 0.717) is 19.6 Å². The average molecular weight is 401 g/mol. The van der Waals surface area contributed by atoms with Crippen LogP contribution in [-0.4, -0.2) is 57.7 Å². The number of likely N-dealkylation sites (N-methyl/N-ethyl adjacent to an activating group) is 1. The van der Waals surface area contributed by atoms with Crippen molar-refractivity contribution in [2.24, 2.45) is 0 Å². The molecule has 0 radical (unpaired) electrons. The molecule has 1 amide bonds. The molecule has 0 unspecified atom stereocenters. The Hall–Kier alpha value is -2.51. The Balaban J connectivity index is 2.03. The fraction of sp³-hybridized carbons (Fsp3) is 0.333.